The van der Waals surface area contributed by atoms with Crippen LogP contribution in [-0.4, -0.2) is 17.5 Å². The molecular formula is C13H17ClFNS. The van der Waals surface area contributed by atoms with Gasteiger partial charge in [-0.15, -0.1) is 0 Å². The molecule has 1 unspecified atom stereocenters. The fourth-order valence-electron chi connectivity index (χ4n) is 1.83. The SMILES string of the molecule is CSC1(CNC(C)c2ccc(Cl)c(F)c2)CC1. The summed E-state index contributed by atoms with van der Waals surface area (Å²) in [5.74, 6) is -0.344. The summed E-state index contributed by atoms with van der Waals surface area (Å²) < 4.78 is 13.8. The van der Waals surface area contributed by atoms with Crippen molar-refractivity contribution < 1.29 is 4.39 Å². The molecule has 4 heteroatoms. The Morgan fingerprint density at radius 2 is 2.24 bits per heavy atom. The average Bonchev–Trinajstić information content (AvgIpc) is 3.10. The van der Waals surface area contributed by atoms with Crippen molar-refractivity contribution in [2.24, 2.45) is 0 Å². The Labute approximate surface area is 111 Å². The van der Waals surface area contributed by atoms with E-state index in [4.69, 9.17) is 11.6 Å². The number of benzene rings is 1. The summed E-state index contributed by atoms with van der Waals surface area (Å²) in [5, 5.41) is 3.65. The highest BCUT2D eigenvalue weighted by Gasteiger charge is 2.41. The summed E-state index contributed by atoms with van der Waals surface area (Å²) in [6, 6.07) is 5.16. The van der Waals surface area contributed by atoms with Crippen molar-refractivity contribution >= 4 is 23.4 Å². The third-order valence-corrected chi connectivity index (χ3v) is 5.14. The number of rotatable bonds is 5. The van der Waals surface area contributed by atoms with Crippen LogP contribution < -0.4 is 5.32 Å². The van der Waals surface area contributed by atoms with Crippen molar-refractivity contribution in [2.75, 3.05) is 12.8 Å². The highest BCUT2D eigenvalue weighted by atomic mass is 35.5. The molecule has 0 spiro atoms. The van der Waals surface area contributed by atoms with E-state index in [1.54, 1.807) is 6.07 Å². The molecule has 1 nitrogen and oxygen atoms in total. The Hall–Kier alpha value is -0.250. The minimum Gasteiger partial charge on any atom is -0.309 e. The zero-order chi connectivity index (χ0) is 12.5. The summed E-state index contributed by atoms with van der Waals surface area (Å²) in [6.07, 6.45) is 4.72. The second-order valence-corrected chi connectivity index (χ2v) is 6.34. The Morgan fingerprint density at radius 3 is 2.76 bits per heavy atom. The monoisotopic (exact) mass is 273 g/mol. The van der Waals surface area contributed by atoms with Crippen molar-refractivity contribution in [1.29, 1.82) is 0 Å². The molecule has 0 heterocycles. The molecule has 1 atom stereocenters. The van der Waals surface area contributed by atoms with Crippen molar-refractivity contribution in [3.8, 4) is 0 Å². The largest absolute Gasteiger partial charge is 0.309 e. The average molecular weight is 274 g/mol. The van der Waals surface area contributed by atoms with Crippen LogP contribution in [0.2, 0.25) is 5.02 Å². The lowest BCUT2D eigenvalue weighted by atomic mass is 10.1. The molecule has 1 fully saturated rings. The Bertz CT molecular complexity index is 406. The predicted molar refractivity (Wildman–Crippen MR) is 73.3 cm³/mol. The Morgan fingerprint density at radius 1 is 1.53 bits per heavy atom. The maximum Gasteiger partial charge on any atom is 0.142 e. The lowest BCUT2D eigenvalue weighted by Gasteiger charge is -2.19. The van der Waals surface area contributed by atoms with Crippen LogP contribution in [0.1, 0.15) is 31.4 Å². The molecule has 1 N–H and O–H groups in total. The Kier molecular flexibility index (Phi) is 4.01. The molecular weight excluding hydrogens is 257 g/mol. The summed E-state index contributed by atoms with van der Waals surface area (Å²) in [7, 11) is 0. The number of hydrogen-bond acceptors (Lipinski definition) is 2. The van der Waals surface area contributed by atoms with Crippen molar-refractivity contribution in [3.05, 3.63) is 34.6 Å². The van der Waals surface area contributed by atoms with Crippen molar-refractivity contribution in [3.63, 3.8) is 0 Å². The highest BCUT2D eigenvalue weighted by molar-refractivity contribution is 8.00. The van der Waals surface area contributed by atoms with Crippen LogP contribution in [0.4, 0.5) is 4.39 Å². The van der Waals surface area contributed by atoms with E-state index in [-0.39, 0.29) is 16.9 Å². The van der Waals surface area contributed by atoms with Gasteiger partial charge in [0.15, 0.2) is 0 Å². The van der Waals surface area contributed by atoms with Gasteiger partial charge in [-0.2, -0.15) is 11.8 Å². The normalized spacial score (nSPS) is 19.1. The van der Waals surface area contributed by atoms with E-state index >= 15 is 0 Å². The summed E-state index contributed by atoms with van der Waals surface area (Å²) in [6.45, 7) is 3.04. The molecule has 17 heavy (non-hydrogen) atoms. The topological polar surface area (TPSA) is 12.0 Å². The molecule has 1 aromatic carbocycles. The van der Waals surface area contributed by atoms with Crippen LogP contribution in [0.5, 0.6) is 0 Å². The predicted octanol–water partition coefficient (Wildman–Crippen LogP) is 4.03. The third kappa shape index (κ3) is 3.15. The first-order chi connectivity index (χ1) is 8.06. The molecule has 0 radical (unpaired) electrons. The quantitative estimate of drug-likeness (QED) is 0.869. The van der Waals surface area contributed by atoms with Gasteiger partial charge in [-0.3, -0.25) is 0 Å². The van der Waals surface area contributed by atoms with Gasteiger partial charge in [-0.05, 0) is 43.7 Å². The molecule has 1 aliphatic rings. The number of nitrogens with one attached hydrogen (secondary N) is 1. The number of thioether (sulfide) groups is 1. The molecule has 0 amide bonds. The van der Waals surface area contributed by atoms with Gasteiger partial charge >= 0.3 is 0 Å². The second kappa shape index (κ2) is 5.17. The van der Waals surface area contributed by atoms with Crippen LogP contribution in [-0.2, 0) is 0 Å². The van der Waals surface area contributed by atoms with E-state index < -0.39 is 0 Å². The van der Waals surface area contributed by atoms with Gasteiger partial charge in [0.25, 0.3) is 0 Å². The smallest absolute Gasteiger partial charge is 0.142 e. The van der Waals surface area contributed by atoms with E-state index in [9.17, 15) is 4.39 Å². The number of halogens is 2. The third-order valence-electron chi connectivity index (χ3n) is 3.41. The summed E-state index contributed by atoms with van der Waals surface area (Å²) in [4.78, 5) is 0. The van der Waals surface area contributed by atoms with E-state index in [0.717, 1.165) is 12.1 Å². The van der Waals surface area contributed by atoms with Crippen LogP contribution in [0.25, 0.3) is 0 Å². The molecule has 1 aliphatic carbocycles. The summed E-state index contributed by atoms with van der Waals surface area (Å²) >= 11 is 7.59. The van der Waals surface area contributed by atoms with Gasteiger partial charge < -0.3 is 5.32 Å². The van der Waals surface area contributed by atoms with Crippen LogP contribution in [0.3, 0.4) is 0 Å². The van der Waals surface area contributed by atoms with E-state index in [2.05, 4.69) is 18.5 Å². The highest BCUT2D eigenvalue weighted by Crippen LogP contribution is 2.46. The maximum absolute atomic E-state index is 13.3. The molecule has 0 saturated heterocycles. The van der Waals surface area contributed by atoms with E-state index in [1.165, 1.54) is 18.9 Å². The van der Waals surface area contributed by atoms with Crippen LogP contribution in [0, 0.1) is 5.82 Å². The molecule has 0 bridgehead atoms. The van der Waals surface area contributed by atoms with Gasteiger partial charge in [-0.25, -0.2) is 4.39 Å². The van der Waals surface area contributed by atoms with E-state index in [0.29, 0.717) is 4.75 Å². The fraction of sp³-hybridized carbons (Fsp3) is 0.538. The van der Waals surface area contributed by atoms with Gasteiger partial charge in [0.05, 0.1) is 5.02 Å². The lowest BCUT2D eigenvalue weighted by Crippen LogP contribution is -2.28. The van der Waals surface area contributed by atoms with Gasteiger partial charge in [0.1, 0.15) is 5.82 Å². The molecule has 1 saturated carbocycles. The van der Waals surface area contributed by atoms with Gasteiger partial charge in [0, 0.05) is 17.3 Å². The lowest BCUT2D eigenvalue weighted by molar-refractivity contribution is 0.556. The zero-order valence-electron chi connectivity index (χ0n) is 10.1. The van der Waals surface area contributed by atoms with Crippen molar-refractivity contribution in [1.82, 2.24) is 5.32 Å². The van der Waals surface area contributed by atoms with E-state index in [1.807, 2.05) is 17.8 Å². The summed E-state index contributed by atoms with van der Waals surface area (Å²) in [5.41, 5.74) is 0.948. The van der Waals surface area contributed by atoms with Gasteiger partial charge in [0.2, 0.25) is 0 Å². The number of hydrogen-bond donors (Lipinski definition) is 1. The molecule has 2 rings (SSSR count). The first kappa shape index (κ1) is 13.2. The molecule has 0 aromatic heterocycles. The maximum atomic E-state index is 13.3. The minimum absolute atomic E-state index is 0.159. The fourth-order valence-corrected chi connectivity index (χ4v) is 2.69. The van der Waals surface area contributed by atoms with Crippen LogP contribution >= 0.6 is 23.4 Å². The minimum atomic E-state index is -0.344. The van der Waals surface area contributed by atoms with Gasteiger partial charge in [-0.1, -0.05) is 17.7 Å². The Balaban J connectivity index is 1.95. The molecule has 1 aromatic rings. The second-order valence-electron chi connectivity index (χ2n) is 4.66. The zero-order valence-corrected chi connectivity index (χ0v) is 11.7. The van der Waals surface area contributed by atoms with Crippen LogP contribution in [0.15, 0.2) is 18.2 Å². The first-order valence-electron chi connectivity index (χ1n) is 5.80. The molecule has 94 valence electrons. The standard InChI is InChI=1S/C13H17ClFNS/c1-9(16-8-13(17-2)5-6-13)10-3-4-11(14)12(15)7-10/h3-4,7,9,16H,5-6,8H2,1-2H3. The van der Waals surface area contributed by atoms with Crippen molar-refractivity contribution in [2.45, 2.75) is 30.6 Å². The molecule has 0 aliphatic heterocycles. The first-order valence-corrected chi connectivity index (χ1v) is 7.40.